The van der Waals surface area contributed by atoms with E-state index < -0.39 is 0 Å². The number of carbonyl (C=O) groups is 1. The fraction of sp³-hybridized carbons (Fsp3) is 0.235. The second-order valence-corrected chi connectivity index (χ2v) is 4.93. The summed E-state index contributed by atoms with van der Waals surface area (Å²) in [5.41, 5.74) is 8.56. The highest BCUT2D eigenvalue weighted by atomic mass is 16.5. The van der Waals surface area contributed by atoms with Crippen LogP contribution in [0, 0.1) is 0 Å². The number of carbonyl (C=O) groups excluding carboxylic acids is 1. The molecule has 0 aliphatic carbocycles. The zero-order valence-corrected chi connectivity index (χ0v) is 12.3. The number of nitrogens with one attached hydrogen (secondary N) is 1. The van der Waals surface area contributed by atoms with Crippen LogP contribution in [0.15, 0.2) is 48.5 Å². The third-order valence-electron chi connectivity index (χ3n) is 3.40. The summed E-state index contributed by atoms with van der Waals surface area (Å²) < 4.78 is 5.23. The number of benzene rings is 2. The van der Waals surface area contributed by atoms with Gasteiger partial charge in [-0.3, -0.25) is 4.79 Å². The topological polar surface area (TPSA) is 64.3 Å². The first-order chi connectivity index (χ1) is 10.1. The second-order valence-electron chi connectivity index (χ2n) is 4.93. The molecule has 0 aliphatic rings. The number of rotatable bonds is 6. The Morgan fingerprint density at radius 2 is 1.90 bits per heavy atom. The maximum atomic E-state index is 11.0. The van der Waals surface area contributed by atoms with Crippen LogP contribution in [0.2, 0.25) is 0 Å². The van der Waals surface area contributed by atoms with Gasteiger partial charge < -0.3 is 15.8 Å². The lowest BCUT2D eigenvalue weighted by Crippen LogP contribution is -2.38. The van der Waals surface area contributed by atoms with Gasteiger partial charge in [0.2, 0.25) is 5.91 Å². The van der Waals surface area contributed by atoms with E-state index in [1.54, 1.807) is 14.0 Å². The van der Waals surface area contributed by atoms with Crippen molar-refractivity contribution in [3.63, 3.8) is 0 Å². The quantitative estimate of drug-likeness (QED) is 0.855. The van der Waals surface area contributed by atoms with Crippen molar-refractivity contribution in [2.75, 3.05) is 7.11 Å². The number of methoxy groups -OCH3 is 1. The molecule has 2 rings (SSSR count). The Morgan fingerprint density at radius 1 is 1.19 bits per heavy atom. The lowest BCUT2D eigenvalue weighted by molar-refractivity contribution is -0.119. The Hall–Kier alpha value is -2.33. The van der Waals surface area contributed by atoms with Gasteiger partial charge in [0, 0.05) is 6.54 Å². The Kier molecular flexibility index (Phi) is 4.95. The van der Waals surface area contributed by atoms with Gasteiger partial charge in [-0.25, -0.2) is 0 Å². The summed E-state index contributed by atoms with van der Waals surface area (Å²) >= 11 is 0. The number of hydrogen-bond donors (Lipinski definition) is 2. The lowest BCUT2D eigenvalue weighted by atomic mass is 10.0. The molecule has 4 heteroatoms. The zero-order chi connectivity index (χ0) is 15.2. The number of nitrogens with two attached hydrogens (primary N) is 1. The smallest absolute Gasteiger partial charge is 0.234 e. The van der Waals surface area contributed by atoms with Gasteiger partial charge in [0.15, 0.2) is 0 Å². The molecule has 3 N–H and O–H groups in total. The molecular weight excluding hydrogens is 264 g/mol. The van der Waals surface area contributed by atoms with E-state index in [1.165, 1.54) is 0 Å². The normalized spacial score (nSPS) is 11.9. The van der Waals surface area contributed by atoms with E-state index in [4.69, 9.17) is 10.5 Å². The van der Waals surface area contributed by atoms with Crippen LogP contribution in [0.4, 0.5) is 0 Å². The lowest BCUT2D eigenvalue weighted by Gasteiger charge is -2.10. The van der Waals surface area contributed by atoms with Crippen molar-refractivity contribution >= 4 is 5.91 Å². The molecule has 0 saturated heterocycles. The minimum Gasteiger partial charge on any atom is -0.497 e. The van der Waals surface area contributed by atoms with Gasteiger partial charge in [0.25, 0.3) is 0 Å². The zero-order valence-electron chi connectivity index (χ0n) is 12.3. The summed E-state index contributed by atoms with van der Waals surface area (Å²) in [5, 5.41) is 3.08. The van der Waals surface area contributed by atoms with Gasteiger partial charge in [-0.05, 0) is 35.7 Å². The minimum absolute atomic E-state index is 0.330. The summed E-state index contributed by atoms with van der Waals surface area (Å²) in [6.07, 6.45) is 0. The van der Waals surface area contributed by atoms with Crippen molar-refractivity contribution in [1.29, 1.82) is 0 Å². The van der Waals surface area contributed by atoms with Crippen molar-refractivity contribution in [3.05, 3.63) is 54.1 Å². The number of ether oxygens (including phenoxy) is 1. The monoisotopic (exact) mass is 284 g/mol. The molecule has 0 aliphatic heterocycles. The maximum Gasteiger partial charge on any atom is 0.234 e. The standard InChI is InChI=1S/C17H20N2O2/c1-12(17(18)20)19-11-13-6-8-14(9-7-13)15-4-3-5-16(10-15)21-2/h3-10,12,19H,11H2,1-2H3,(H2,18,20)/t12-/m0/s1. The highest BCUT2D eigenvalue weighted by Crippen LogP contribution is 2.24. The second kappa shape index (κ2) is 6.90. The molecular formula is C17H20N2O2. The predicted octanol–water partition coefficient (Wildman–Crippen LogP) is 2.33. The van der Waals surface area contributed by atoms with E-state index >= 15 is 0 Å². The molecule has 0 fully saturated rings. The molecule has 4 nitrogen and oxygen atoms in total. The minimum atomic E-state index is -0.344. The van der Waals surface area contributed by atoms with Crippen molar-refractivity contribution < 1.29 is 9.53 Å². The van der Waals surface area contributed by atoms with Gasteiger partial charge in [-0.2, -0.15) is 0 Å². The van der Waals surface area contributed by atoms with Crippen molar-refractivity contribution in [1.82, 2.24) is 5.32 Å². The fourth-order valence-electron chi connectivity index (χ4n) is 1.99. The molecule has 0 bridgehead atoms. The highest BCUT2D eigenvalue weighted by molar-refractivity contribution is 5.79. The van der Waals surface area contributed by atoms with Crippen molar-refractivity contribution in [2.24, 2.45) is 5.73 Å². The average Bonchev–Trinajstić information content (AvgIpc) is 2.53. The predicted molar refractivity (Wildman–Crippen MR) is 83.9 cm³/mol. The first-order valence-electron chi connectivity index (χ1n) is 6.86. The first kappa shape index (κ1) is 15.1. The Balaban J connectivity index is 2.06. The van der Waals surface area contributed by atoms with Gasteiger partial charge >= 0.3 is 0 Å². The highest BCUT2D eigenvalue weighted by Gasteiger charge is 2.07. The van der Waals surface area contributed by atoms with Crippen LogP contribution in [0.3, 0.4) is 0 Å². The molecule has 110 valence electrons. The molecule has 2 aromatic rings. The summed E-state index contributed by atoms with van der Waals surface area (Å²) in [7, 11) is 1.66. The average molecular weight is 284 g/mol. The summed E-state index contributed by atoms with van der Waals surface area (Å²) in [5.74, 6) is 0.497. The van der Waals surface area contributed by atoms with Crippen LogP contribution in [-0.2, 0) is 11.3 Å². The number of amides is 1. The fourth-order valence-corrected chi connectivity index (χ4v) is 1.99. The van der Waals surface area contributed by atoms with Gasteiger partial charge in [0.05, 0.1) is 13.2 Å². The summed E-state index contributed by atoms with van der Waals surface area (Å²) in [6.45, 7) is 2.37. The Bertz CT molecular complexity index is 608. The van der Waals surface area contributed by atoms with Crippen LogP contribution in [-0.4, -0.2) is 19.1 Å². The Labute approximate surface area is 124 Å². The Morgan fingerprint density at radius 3 is 2.52 bits per heavy atom. The molecule has 0 heterocycles. The van der Waals surface area contributed by atoms with Gasteiger partial charge in [-0.1, -0.05) is 36.4 Å². The number of primary amides is 1. The van der Waals surface area contributed by atoms with Crippen molar-refractivity contribution in [3.8, 4) is 16.9 Å². The van der Waals surface area contributed by atoms with E-state index in [-0.39, 0.29) is 11.9 Å². The maximum absolute atomic E-state index is 11.0. The van der Waals surface area contributed by atoms with Crippen LogP contribution in [0.1, 0.15) is 12.5 Å². The first-order valence-corrected chi connectivity index (χ1v) is 6.86. The third-order valence-corrected chi connectivity index (χ3v) is 3.40. The molecule has 0 saturated carbocycles. The summed E-state index contributed by atoms with van der Waals surface area (Å²) in [6, 6.07) is 15.8. The van der Waals surface area contributed by atoms with E-state index in [1.807, 2.05) is 36.4 Å². The van der Waals surface area contributed by atoms with E-state index in [0.29, 0.717) is 6.54 Å². The molecule has 1 atom stereocenters. The van der Waals surface area contributed by atoms with Crippen LogP contribution in [0.5, 0.6) is 5.75 Å². The van der Waals surface area contributed by atoms with E-state index in [9.17, 15) is 4.79 Å². The third kappa shape index (κ3) is 4.07. The largest absolute Gasteiger partial charge is 0.497 e. The van der Waals surface area contributed by atoms with Gasteiger partial charge in [-0.15, -0.1) is 0 Å². The van der Waals surface area contributed by atoms with Crippen LogP contribution < -0.4 is 15.8 Å². The van der Waals surface area contributed by atoms with Crippen molar-refractivity contribution in [2.45, 2.75) is 19.5 Å². The van der Waals surface area contributed by atoms with E-state index in [2.05, 4.69) is 17.4 Å². The van der Waals surface area contributed by atoms with Crippen LogP contribution in [0.25, 0.3) is 11.1 Å². The molecule has 2 aromatic carbocycles. The van der Waals surface area contributed by atoms with Crippen LogP contribution >= 0.6 is 0 Å². The summed E-state index contributed by atoms with van der Waals surface area (Å²) in [4.78, 5) is 11.0. The molecule has 21 heavy (non-hydrogen) atoms. The molecule has 0 radical (unpaired) electrons. The number of hydrogen-bond acceptors (Lipinski definition) is 3. The van der Waals surface area contributed by atoms with E-state index in [0.717, 1.165) is 22.4 Å². The molecule has 0 unspecified atom stereocenters. The molecule has 1 amide bonds. The SMILES string of the molecule is COc1cccc(-c2ccc(CN[C@@H](C)C(N)=O)cc2)c1. The molecule has 0 aromatic heterocycles. The van der Waals surface area contributed by atoms with Gasteiger partial charge in [0.1, 0.15) is 5.75 Å². The molecule has 0 spiro atoms.